The third-order valence-electron chi connectivity index (χ3n) is 1.13. The van der Waals surface area contributed by atoms with Crippen LogP contribution in [0.1, 0.15) is 33.1 Å². The van der Waals surface area contributed by atoms with Crippen LogP contribution >= 0.6 is 23.2 Å². The van der Waals surface area contributed by atoms with Crippen molar-refractivity contribution in [3.63, 3.8) is 0 Å². The second-order valence-electron chi connectivity index (χ2n) is 2.42. The van der Waals surface area contributed by atoms with E-state index in [0.717, 1.165) is 24.3 Å². The highest BCUT2D eigenvalue weighted by Gasteiger charge is 1.97. The first-order valence-corrected chi connectivity index (χ1v) is 4.46. The molecule has 1 unspecified atom stereocenters. The fraction of sp³-hybridized carbons (Fsp3) is 0.750. The lowest BCUT2D eigenvalue weighted by Gasteiger charge is -1.99. The molecule has 2 heteroatoms. The van der Waals surface area contributed by atoms with Crippen molar-refractivity contribution in [1.82, 2.24) is 0 Å². The van der Waals surface area contributed by atoms with Crippen molar-refractivity contribution in [3.8, 4) is 0 Å². The lowest BCUT2D eigenvalue weighted by molar-refractivity contribution is 0.915. The third-order valence-corrected chi connectivity index (χ3v) is 1.59. The average Bonchev–Trinajstić information content (AvgIpc) is 1.82. The van der Waals surface area contributed by atoms with Crippen LogP contribution in [0.5, 0.6) is 0 Å². The lowest BCUT2D eigenvalue weighted by atomic mass is 10.2. The first-order chi connectivity index (χ1) is 4.66. The Bertz CT molecular complexity index is 106. The molecule has 0 aliphatic carbocycles. The van der Waals surface area contributed by atoms with Crippen molar-refractivity contribution in [2.45, 2.75) is 38.5 Å². The molecule has 0 saturated heterocycles. The van der Waals surface area contributed by atoms with Gasteiger partial charge in [-0.15, -0.1) is 11.6 Å². The number of halogens is 2. The quantitative estimate of drug-likeness (QED) is 0.576. The average molecular weight is 181 g/mol. The van der Waals surface area contributed by atoms with Gasteiger partial charge in [0.1, 0.15) is 0 Å². The van der Waals surface area contributed by atoms with Gasteiger partial charge in [-0.2, -0.15) is 0 Å². The van der Waals surface area contributed by atoms with Gasteiger partial charge in [-0.1, -0.05) is 31.0 Å². The van der Waals surface area contributed by atoms with Crippen LogP contribution in [0.15, 0.2) is 11.1 Å². The number of hydrogen-bond acceptors (Lipinski definition) is 0. The molecule has 0 radical (unpaired) electrons. The molecule has 0 amide bonds. The van der Waals surface area contributed by atoms with Gasteiger partial charge in [0.15, 0.2) is 0 Å². The first kappa shape index (κ1) is 10.3. The van der Waals surface area contributed by atoms with E-state index in [4.69, 9.17) is 23.2 Å². The maximum atomic E-state index is 5.83. The van der Waals surface area contributed by atoms with Crippen LogP contribution < -0.4 is 0 Å². The van der Waals surface area contributed by atoms with Crippen LogP contribution in [-0.2, 0) is 0 Å². The van der Waals surface area contributed by atoms with E-state index in [9.17, 15) is 0 Å². The molecular weight excluding hydrogens is 167 g/mol. The van der Waals surface area contributed by atoms with Gasteiger partial charge >= 0.3 is 0 Å². The molecule has 0 heterocycles. The van der Waals surface area contributed by atoms with Gasteiger partial charge < -0.3 is 0 Å². The van der Waals surface area contributed by atoms with Crippen molar-refractivity contribution in [2.24, 2.45) is 0 Å². The van der Waals surface area contributed by atoms with E-state index in [0.29, 0.717) is 0 Å². The Morgan fingerprint density at radius 1 is 1.60 bits per heavy atom. The predicted molar refractivity (Wildman–Crippen MR) is 48.8 cm³/mol. The first-order valence-electron chi connectivity index (χ1n) is 3.65. The topological polar surface area (TPSA) is 0 Å². The molecule has 0 aromatic rings. The summed E-state index contributed by atoms with van der Waals surface area (Å²) in [6, 6.07) is 0. The Morgan fingerprint density at radius 3 is 2.60 bits per heavy atom. The summed E-state index contributed by atoms with van der Waals surface area (Å²) >= 11 is 11.6. The van der Waals surface area contributed by atoms with Crippen LogP contribution in [0.4, 0.5) is 0 Å². The Balaban J connectivity index is 3.49. The Labute approximate surface area is 73.2 Å². The Morgan fingerprint density at radius 2 is 2.20 bits per heavy atom. The monoisotopic (exact) mass is 180 g/mol. The molecule has 0 aromatic heterocycles. The second kappa shape index (κ2) is 6.06. The minimum atomic E-state index is 0.153. The van der Waals surface area contributed by atoms with E-state index in [1.807, 2.05) is 13.0 Å². The van der Waals surface area contributed by atoms with Gasteiger partial charge in [0.2, 0.25) is 0 Å². The summed E-state index contributed by atoms with van der Waals surface area (Å²) in [6.07, 6.45) is 5.04. The normalized spacial score (nSPS) is 15.4. The molecule has 0 fully saturated rings. The second-order valence-corrected chi connectivity index (χ2v) is 3.66. The fourth-order valence-electron chi connectivity index (χ4n) is 0.653. The number of rotatable bonds is 4. The fourth-order valence-corrected chi connectivity index (χ4v) is 1.24. The van der Waals surface area contributed by atoms with E-state index >= 15 is 0 Å². The summed E-state index contributed by atoms with van der Waals surface area (Å²) in [4.78, 5) is 0. The van der Waals surface area contributed by atoms with Crippen LogP contribution in [0.3, 0.4) is 0 Å². The number of allylic oxidation sites excluding steroid dienone is 2. The molecule has 0 N–H and O–H groups in total. The standard InChI is InChI=1S/C8H14Cl2/c1-3-4-5-8(10)6-7(2)9/h5,7H,3-4,6H2,1-2H3. The van der Waals surface area contributed by atoms with Crippen molar-refractivity contribution >= 4 is 23.2 Å². The summed E-state index contributed by atoms with van der Waals surface area (Å²) in [5.74, 6) is 0. The summed E-state index contributed by atoms with van der Waals surface area (Å²) in [6.45, 7) is 4.08. The summed E-state index contributed by atoms with van der Waals surface area (Å²) in [5.41, 5.74) is 0. The molecule has 0 saturated carbocycles. The Kier molecular flexibility index (Phi) is 6.25. The highest BCUT2D eigenvalue weighted by Crippen LogP contribution is 2.14. The third kappa shape index (κ3) is 6.44. The van der Waals surface area contributed by atoms with E-state index in [-0.39, 0.29) is 5.38 Å². The van der Waals surface area contributed by atoms with Crippen LogP contribution in [0.25, 0.3) is 0 Å². The van der Waals surface area contributed by atoms with E-state index in [1.165, 1.54) is 0 Å². The minimum Gasteiger partial charge on any atom is -0.123 e. The van der Waals surface area contributed by atoms with Gasteiger partial charge in [0.25, 0.3) is 0 Å². The van der Waals surface area contributed by atoms with Crippen LogP contribution in [0, 0.1) is 0 Å². The zero-order chi connectivity index (χ0) is 7.98. The van der Waals surface area contributed by atoms with E-state index < -0.39 is 0 Å². The molecule has 1 atom stereocenters. The number of unbranched alkanes of at least 4 members (excludes halogenated alkanes) is 1. The van der Waals surface area contributed by atoms with Crippen molar-refractivity contribution in [2.75, 3.05) is 0 Å². The van der Waals surface area contributed by atoms with Crippen molar-refractivity contribution in [3.05, 3.63) is 11.1 Å². The summed E-state index contributed by atoms with van der Waals surface area (Å²) in [7, 11) is 0. The van der Waals surface area contributed by atoms with E-state index in [1.54, 1.807) is 0 Å². The zero-order valence-corrected chi connectivity index (χ0v) is 8.04. The molecular formula is C8H14Cl2. The molecule has 0 aliphatic heterocycles. The van der Waals surface area contributed by atoms with Crippen LogP contribution in [-0.4, -0.2) is 5.38 Å². The number of hydrogen-bond donors (Lipinski definition) is 0. The molecule has 0 rings (SSSR count). The minimum absolute atomic E-state index is 0.153. The Hall–Kier alpha value is 0.320. The van der Waals surface area contributed by atoms with E-state index in [2.05, 4.69) is 6.92 Å². The van der Waals surface area contributed by atoms with Gasteiger partial charge in [-0.05, 0) is 19.8 Å². The van der Waals surface area contributed by atoms with Crippen LogP contribution in [0.2, 0.25) is 0 Å². The summed E-state index contributed by atoms with van der Waals surface area (Å²) in [5, 5.41) is 1.05. The molecule has 0 nitrogen and oxygen atoms in total. The zero-order valence-electron chi connectivity index (χ0n) is 6.53. The maximum absolute atomic E-state index is 5.83. The number of alkyl halides is 1. The highest BCUT2D eigenvalue weighted by atomic mass is 35.5. The van der Waals surface area contributed by atoms with Gasteiger partial charge in [-0.25, -0.2) is 0 Å². The molecule has 0 aromatic carbocycles. The summed E-state index contributed by atoms with van der Waals surface area (Å²) < 4.78 is 0. The van der Waals surface area contributed by atoms with Gasteiger partial charge in [-0.3, -0.25) is 0 Å². The molecule has 10 heavy (non-hydrogen) atoms. The SMILES string of the molecule is CCCC=C(Cl)CC(C)Cl. The molecule has 0 spiro atoms. The van der Waals surface area contributed by atoms with Gasteiger partial charge in [0, 0.05) is 10.4 Å². The smallest absolute Gasteiger partial charge is 0.0356 e. The molecule has 60 valence electrons. The molecule has 0 bridgehead atoms. The largest absolute Gasteiger partial charge is 0.123 e. The van der Waals surface area contributed by atoms with Gasteiger partial charge in [0.05, 0.1) is 0 Å². The highest BCUT2D eigenvalue weighted by molar-refractivity contribution is 6.30. The van der Waals surface area contributed by atoms with Crippen molar-refractivity contribution < 1.29 is 0 Å². The maximum Gasteiger partial charge on any atom is 0.0356 e. The lowest BCUT2D eigenvalue weighted by Crippen LogP contribution is -1.89. The predicted octanol–water partition coefficient (Wildman–Crippen LogP) is 3.93. The van der Waals surface area contributed by atoms with Crippen molar-refractivity contribution in [1.29, 1.82) is 0 Å². The molecule has 0 aliphatic rings.